The molecule has 0 fully saturated rings. The summed E-state index contributed by atoms with van der Waals surface area (Å²) >= 11 is 0. The number of carbonyl (C=O) groups is 2. The molecule has 0 saturated heterocycles. The van der Waals surface area contributed by atoms with E-state index in [1.54, 1.807) is 19.1 Å². The highest BCUT2D eigenvalue weighted by molar-refractivity contribution is 5.94. The molecule has 23 heavy (non-hydrogen) atoms. The van der Waals surface area contributed by atoms with E-state index in [4.69, 9.17) is 0 Å². The molecule has 0 saturated carbocycles. The van der Waals surface area contributed by atoms with Crippen molar-refractivity contribution in [1.29, 1.82) is 0 Å². The van der Waals surface area contributed by atoms with E-state index in [9.17, 15) is 19.2 Å². The van der Waals surface area contributed by atoms with Gasteiger partial charge in [0.05, 0.1) is 19.1 Å². The number of esters is 1. The summed E-state index contributed by atoms with van der Waals surface area (Å²) in [5.41, 5.74) is 0.153. The third-order valence-electron chi connectivity index (χ3n) is 3.18. The number of aryl methyl sites for hydroxylation is 1. The number of aromatic amines is 2. The first-order valence-electron chi connectivity index (χ1n) is 6.71. The Bertz CT molecular complexity index is 849. The molecule has 1 aromatic carbocycles. The van der Waals surface area contributed by atoms with Gasteiger partial charge < -0.3 is 15.0 Å². The lowest BCUT2D eigenvalue weighted by Gasteiger charge is -2.07. The number of benzene rings is 1. The van der Waals surface area contributed by atoms with Crippen LogP contribution in [0.1, 0.15) is 21.6 Å². The van der Waals surface area contributed by atoms with Crippen LogP contribution in [0, 0.1) is 6.92 Å². The molecule has 0 aliphatic carbocycles. The Labute approximate surface area is 130 Å². The molecule has 0 radical (unpaired) electrons. The van der Waals surface area contributed by atoms with E-state index in [1.807, 2.05) is 0 Å². The number of hydrogen-bond acceptors (Lipinski definition) is 5. The molecule has 0 aliphatic heterocycles. The highest BCUT2D eigenvalue weighted by Gasteiger charge is 2.12. The van der Waals surface area contributed by atoms with Crippen LogP contribution in [0.15, 0.2) is 33.9 Å². The molecule has 2 rings (SSSR count). The summed E-state index contributed by atoms with van der Waals surface area (Å²) in [7, 11) is 1.28. The van der Waals surface area contributed by atoms with Gasteiger partial charge in [-0.2, -0.15) is 0 Å². The zero-order valence-corrected chi connectivity index (χ0v) is 12.6. The van der Waals surface area contributed by atoms with E-state index in [1.165, 1.54) is 19.2 Å². The van der Waals surface area contributed by atoms with Crippen LogP contribution < -0.4 is 16.6 Å². The van der Waals surface area contributed by atoms with E-state index in [0.717, 1.165) is 0 Å². The van der Waals surface area contributed by atoms with Crippen LogP contribution in [0.25, 0.3) is 0 Å². The summed E-state index contributed by atoms with van der Waals surface area (Å²) in [4.78, 5) is 50.6. The molecule has 1 heterocycles. The molecule has 0 aliphatic rings. The van der Waals surface area contributed by atoms with Gasteiger partial charge in [0.25, 0.3) is 5.56 Å². The average molecular weight is 317 g/mol. The zero-order valence-electron chi connectivity index (χ0n) is 12.6. The Hall–Kier alpha value is -3.16. The van der Waals surface area contributed by atoms with Crippen molar-refractivity contribution in [1.82, 2.24) is 9.97 Å². The number of hydrogen-bond donors (Lipinski definition) is 3. The van der Waals surface area contributed by atoms with Crippen LogP contribution in [0.5, 0.6) is 0 Å². The maximum Gasteiger partial charge on any atom is 0.337 e. The molecule has 0 bridgehead atoms. The molecule has 8 nitrogen and oxygen atoms in total. The molecule has 2 aromatic rings. The number of methoxy groups -OCH3 is 1. The second-order valence-corrected chi connectivity index (χ2v) is 4.81. The van der Waals surface area contributed by atoms with Gasteiger partial charge in [-0.15, -0.1) is 0 Å². The van der Waals surface area contributed by atoms with E-state index < -0.39 is 23.1 Å². The summed E-state index contributed by atoms with van der Waals surface area (Å²) in [6.45, 7) is 1.55. The Kier molecular flexibility index (Phi) is 4.75. The number of H-pyrrole nitrogens is 2. The van der Waals surface area contributed by atoms with Gasteiger partial charge in [-0.1, -0.05) is 0 Å². The topological polar surface area (TPSA) is 121 Å². The Morgan fingerprint density at radius 1 is 1.13 bits per heavy atom. The lowest BCUT2D eigenvalue weighted by atomic mass is 10.1. The molecular weight excluding hydrogens is 302 g/mol. The Balaban J connectivity index is 2.10. The van der Waals surface area contributed by atoms with Crippen molar-refractivity contribution in [3.63, 3.8) is 0 Å². The van der Waals surface area contributed by atoms with Crippen LogP contribution in [0.3, 0.4) is 0 Å². The smallest absolute Gasteiger partial charge is 0.337 e. The number of ether oxygens (including phenoxy) is 1. The lowest BCUT2D eigenvalue weighted by molar-refractivity contribution is -0.115. The second-order valence-electron chi connectivity index (χ2n) is 4.81. The molecular formula is C15H15N3O5. The normalized spacial score (nSPS) is 10.2. The van der Waals surface area contributed by atoms with Gasteiger partial charge in [0.15, 0.2) is 0 Å². The van der Waals surface area contributed by atoms with Crippen LogP contribution in [-0.4, -0.2) is 29.0 Å². The SMILES string of the molecule is COC(=O)c1ccc(NC(=O)Cc2c(C)[nH]c(=O)[nH]c2=O)cc1. The number of amides is 1. The van der Waals surface area contributed by atoms with E-state index >= 15 is 0 Å². The highest BCUT2D eigenvalue weighted by atomic mass is 16.5. The van der Waals surface area contributed by atoms with Crippen molar-refractivity contribution in [2.24, 2.45) is 0 Å². The number of rotatable bonds is 4. The lowest BCUT2D eigenvalue weighted by Crippen LogP contribution is -2.29. The van der Waals surface area contributed by atoms with Gasteiger partial charge in [0, 0.05) is 16.9 Å². The van der Waals surface area contributed by atoms with Gasteiger partial charge in [-0.25, -0.2) is 9.59 Å². The minimum Gasteiger partial charge on any atom is -0.465 e. The molecule has 8 heteroatoms. The first kappa shape index (κ1) is 16.2. The van der Waals surface area contributed by atoms with Gasteiger partial charge >= 0.3 is 11.7 Å². The molecule has 0 atom stereocenters. The number of aromatic nitrogens is 2. The van der Waals surface area contributed by atoms with Gasteiger partial charge in [0.1, 0.15) is 0 Å². The summed E-state index contributed by atoms with van der Waals surface area (Å²) in [5, 5.41) is 2.61. The van der Waals surface area contributed by atoms with Crippen molar-refractivity contribution in [2.75, 3.05) is 12.4 Å². The first-order valence-corrected chi connectivity index (χ1v) is 6.71. The number of nitrogens with one attached hydrogen (secondary N) is 3. The van der Waals surface area contributed by atoms with E-state index in [2.05, 4.69) is 20.0 Å². The summed E-state index contributed by atoms with van der Waals surface area (Å²) in [6.07, 6.45) is -0.184. The second kappa shape index (κ2) is 6.73. The maximum atomic E-state index is 12.0. The molecule has 3 N–H and O–H groups in total. The van der Waals surface area contributed by atoms with Crippen LogP contribution >= 0.6 is 0 Å². The fourth-order valence-corrected chi connectivity index (χ4v) is 2.01. The summed E-state index contributed by atoms with van der Waals surface area (Å²) in [5.74, 6) is -0.894. The Morgan fingerprint density at radius 3 is 2.35 bits per heavy atom. The number of carbonyl (C=O) groups excluding carboxylic acids is 2. The quantitative estimate of drug-likeness (QED) is 0.702. The third kappa shape index (κ3) is 3.94. The van der Waals surface area contributed by atoms with Gasteiger partial charge in [-0.3, -0.25) is 14.6 Å². The molecule has 0 spiro atoms. The first-order chi connectivity index (χ1) is 10.9. The fraction of sp³-hybridized carbons (Fsp3) is 0.200. The van der Waals surface area contributed by atoms with Crippen LogP contribution in [0.4, 0.5) is 5.69 Å². The average Bonchev–Trinajstić information content (AvgIpc) is 2.51. The third-order valence-corrected chi connectivity index (χ3v) is 3.18. The van der Waals surface area contributed by atoms with Gasteiger partial charge in [0.2, 0.25) is 5.91 Å². The summed E-state index contributed by atoms with van der Waals surface area (Å²) < 4.78 is 4.58. The van der Waals surface area contributed by atoms with Crippen molar-refractivity contribution in [3.05, 3.63) is 61.9 Å². The van der Waals surface area contributed by atoms with Crippen molar-refractivity contribution >= 4 is 17.6 Å². The predicted molar refractivity (Wildman–Crippen MR) is 82.5 cm³/mol. The monoisotopic (exact) mass is 317 g/mol. The predicted octanol–water partition coefficient (Wildman–Crippen LogP) is 0.339. The fourth-order valence-electron chi connectivity index (χ4n) is 2.01. The Morgan fingerprint density at radius 2 is 1.78 bits per heavy atom. The van der Waals surface area contributed by atoms with Crippen LogP contribution in [0.2, 0.25) is 0 Å². The minimum absolute atomic E-state index is 0.184. The highest BCUT2D eigenvalue weighted by Crippen LogP contribution is 2.11. The molecule has 1 aromatic heterocycles. The van der Waals surface area contributed by atoms with E-state index in [-0.39, 0.29) is 12.0 Å². The standard InChI is InChI=1S/C15H15N3O5/c1-8-11(13(20)18-15(22)16-8)7-12(19)17-10-5-3-9(4-6-10)14(21)23-2/h3-6H,7H2,1-2H3,(H,17,19)(H2,16,18,20,22). The number of anilines is 1. The molecule has 1 amide bonds. The van der Waals surface area contributed by atoms with Gasteiger partial charge in [-0.05, 0) is 31.2 Å². The maximum absolute atomic E-state index is 12.0. The van der Waals surface area contributed by atoms with E-state index in [0.29, 0.717) is 16.9 Å². The van der Waals surface area contributed by atoms with Crippen LogP contribution in [-0.2, 0) is 16.0 Å². The molecule has 120 valence electrons. The minimum atomic E-state index is -0.616. The zero-order chi connectivity index (χ0) is 17.0. The summed E-state index contributed by atoms with van der Waals surface area (Å²) in [6, 6.07) is 6.13. The van der Waals surface area contributed by atoms with Crippen molar-refractivity contribution < 1.29 is 14.3 Å². The molecule has 0 unspecified atom stereocenters. The largest absolute Gasteiger partial charge is 0.465 e. The van der Waals surface area contributed by atoms with Crippen molar-refractivity contribution in [2.45, 2.75) is 13.3 Å². The van der Waals surface area contributed by atoms with Crippen molar-refractivity contribution in [3.8, 4) is 0 Å².